The first-order chi connectivity index (χ1) is 13.7. The van der Waals surface area contributed by atoms with Crippen LogP contribution in [0.4, 0.5) is 13.2 Å². The number of halogens is 3. The number of alkyl halides is 3. The van der Waals surface area contributed by atoms with Crippen LogP contribution in [0.5, 0.6) is 0 Å². The predicted octanol–water partition coefficient (Wildman–Crippen LogP) is 2.46. The molecule has 1 aliphatic rings. The van der Waals surface area contributed by atoms with Crippen molar-refractivity contribution in [3.63, 3.8) is 0 Å². The number of benzene rings is 1. The largest absolute Gasteiger partial charge is 0.490 e. The molecule has 2 N–H and O–H groups in total. The van der Waals surface area contributed by atoms with Crippen LogP contribution in [0.1, 0.15) is 17.7 Å². The molecule has 0 bridgehead atoms. The SMILES string of the molecule is O=C(Cc1ccccn1)N1CC[C@@H](O)[C@@H]1Cc1ccccc1.O=C(O)C(F)(F)F. The van der Waals surface area contributed by atoms with Gasteiger partial charge < -0.3 is 15.1 Å². The van der Waals surface area contributed by atoms with Gasteiger partial charge in [0.15, 0.2) is 0 Å². The molecule has 1 aliphatic heterocycles. The molecule has 2 heterocycles. The average molecular weight is 410 g/mol. The fraction of sp³-hybridized carbons (Fsp3) is 0.350. The molecule has 0 saturated carbocycles. The van der Waals surface area contributed by atoms with E-state index >= 15 is 0 Å². The Kier molecular flexibility index (Phi) is 7.72. The van der Waals surface area contributed by atoms with E-state index in [2.05, 4.69) is 4.98 Å². The van der Waals surface area contributed by atoms with Gasteiger partial charge in [0.1, 0.15) is 0 Å². The van der Waals surface area contributed by atoms with E-state index in [0.29, 0.717) is 25.8 Å². The first-order valence-electron chi connectivity index (χ1n) is 8.90. The Labute approximate surface area is 165 Å². The highest BCUT2D eigenvalue weighted by Crippen LogP contribution is 2.22. The highest BCUT2D eigenvalue weighted by Gasteiger charge is 2.38. The van der Waals surface area contributed by atoms with E-state index in [1.54, 1.807) is 6.20 Å². The van der Waals surface area contributed by atoms with Gasteiger partial charge in [-0.3, -0.25) is 9.78 Å². The lowest BCUT2D eigenvalue weighted by atomic mass is 10.0. The minimum Gasteiger partial charge on any atom is -0.475 e. The highest BCUT2D eigenvalue weighted by molar-refractivity contribution is 5.79. The van der Waals surface area contributed by atoms with Crippen molar-refractivity contribution in [3.05, 3.63) is 66.0 Å². The number of carboxylic acid groups (broad SMARTS) is 1. The molecule has 156 valence electrons. The van der Waals surface area contributed by atoms with E-state index in [0.717, 1.165) is 11.3 Å². The maximum absolute atomic E-state index is 12.5. The summed E-state index contributed by atoms with van der Waals surface area (Å²) in [4.78, 5) is 27.5. The quantitative estimate of drug-likeness (QED) is 0.808. The van der Waals surface area contributed by atoms with Gasteiger partial charge in [-0.15, -0.1) is 0 Å². The lowest BCUT2D eigenvalue weighted by Crippen LogP contribution is -2.41. The molecule has 2 atom stereocenters. The Hall–Kier alpha value is -2.94. The topological polar surface area (TPSA) is 90.7 Å². The lowest BCUT2D eigenvalue weighted by molar-refractivity contribution is -0.192. The maximum Gasteiger partial charge on any atom is 0.490 e. The zero-order valence-electron chi connectivity index (χ0n) is 15.4. The molecule has 3 rings (SSSR count). The second kappa shape index (κ2) is 10.0. The fourth-order valence-corrected chi connectivity index (χ4v) is 3.01. The number of pyridine rings is 1. The van der Waals surface area contributed by atoms with Crippen molar-refractivity contribution in [1.82, 2.24) is 9.88 Å². The standard InChI is InChI=1S/C18H20N2O2.C2HF3O2/c21-17-9-11-20(16(17)12-14-6-2-1-3-7-14)18(22)13-15-8-4-5-10-19-15;3-2(4,5)1(6)7/h1-8,10,16-17,21H,9,11-13H2;(H,6,7)/t16-,17+;/m0./s1. The minimum atomic E-state index is -5.08. The van der Waals surface area contributed by atoms with E-state index in [-0.39, 0.29) is 11.9 Å². The summed E-state index contributed by atoms with van der Waals surface area (Å²) >= 11 is 0. The summed E-state index contributed by atoms with van der Waals surface area (Å²) in [7, 11) is 0. The van der Waals surface area contributed by atoms with Crippen molar-refractivity contribution in [1.29, 1.82) is 0 Å². The predicted molar refractivity (Wildman–Crippen MR) is 97.9 cm³/mol. The van der Waals surface area contributed by atoms with Gasteiger partial charge >= 0.3 is 12.1 Å². The molecule has 1 aromatic heterocycles. The molecule has 1 fully saturated rings. The summed E-state index contributed by atoms with van der Waals surface area (Å²) < 4.78 is 31.7. The Morgan fingerprint density at radius 1 is 1.10 bits per heavy atom. The van der Waals surface area contributed by atoms with Gasteiger partial charge in [-0.25, -0.2) is 4.79 Å². The van der Waals surface area contributed by atoms with Crippen LogP contribution in [-0.2, 0) is 22.4 Å². The summed E-state index contributed by atoms with van der Waals surface area (Å²) in [5.41, 5.74) is 1.91. The normalized spacial score (nSPS) is 18.7. The number of hydrogen-bond acceptors (Lipinski definition) is 4. The average Bonchev–Trinajstić information content (AvgIpc) is 3.04. The van der Waals surface area contributed by atoms with Crippen molar-refractivity contribution in [3.8, 4) is 0 Å². The van der Waals surface area contributed by atoms with E-state index in [9.17, 15) is 23.1 Å². The molecule has 0 aliphatic carbocycles. The Morgan fingerprint density at radius 3 is 2.28 bits per heavy atom. The van der Waals surface area contributed by atoms with Crippen molar-refractivity contribution in [2.45, 2.75) is 37.6 Å². The third kappa shape index (κ3) is 6.86. The van der Waals surface area contributed by atoms with E-state index < -0.39 is 18.2 Å². The molecule has 0 spiro atoms. The monoisotopic (exact) mass is 410 g/mol. The van der Waals surface area contributed by atoms with Crippen molar-refractivity contribution >= 4 is 11.9 Å². The Bertz CT molecular complexity index is 800. The molecule has 9 heteroatoms. The van der Waals surface area contributed by atoms with Crippen LogP contribution >= 0.6 is 0 Å². The molecule has 29 heavy (non-hydrogen) atoms. The molecular weight excluding hydrogens is 389 g/mol. The third-order valence-corrected chi connectivity index (χ3v) is 4.42. The van der Waals surface area contributed by atoms with Gasteiger partial charge in [-0.2, -0.15) is 13.2 Å². The van der Waals surface area contributed by atoms with Gasteiger partial charge in [-0.05, 0) is 30.5 Å². The van der Waals surface area contributed by atoms with Crippen molar-refractivity contribution in [2.24, 2.45) is 0 Å². The van der Waals surface area contributed by atoms with Crippen LogP contribution in [-0.4, -0.2) is 56.8 Å². The summed E-state index contributed by atoms with van der Waals surface area (Å²) in [5.74, 6) is -2.72. The van der Waals surface area contributed by atoms with Crippen molar-refractivity contribution < 1.29 is 33.0 Å². The lowest BCUT2D eigenvalue weighted by Gasteiger charge is -2.26. The van der Waals surface area contributed by atoms with Crippen LogP contribution < -0.4 is 0 Å². The second-order valence-corrected chi connectivity index (χ2v) is 6.50. The maximum atomic E-state index is 12.5. The van der Waals surface area contributed by atoms with Crippen LogP contribution in [0.2, 0.25) is 0 Å². The minimum absolute atomic E-state index is 0.0381. The van der Waals surface area contributed by atoms with Gasteiger partial charge in [0.05, 0.1) is 18.6 Å². The number of carbonyl (C=O) groups excluding carboxylic acids is 1. The number of carboxylic acids is 1. The number of aliphatic hydroxyl groups is 1. The van der Waals surface area contributed by atoms with Crippen LogP contribution in [0.25, 0.3) is 0 Å². The molecule has 6 nitrogen and oxygen atoms in total. The number of rotatable bonds is 4. The van der Waals surface area contributed by atoms with E-state index in [1.165, 1.54) is 0 Å². The summed E-state index contributed by atoms with van der Waals surface area (Å²) in [5, 5.41) is 17.4. The first kappa shape index (κ1) is 22.4. The number of aliphatic hydroxyl groups excluding tert-OH is 1. The van der Waals surface area contributed by atoms with Crippen molar-refractivity contribution in [2.75, 3.05) is 6.54 Å². The van der Waals surface area contributed by atoms with E-state index in [4.69, 9.17) is 9.90 Å². The van der Waals surface area contributed by atoms with Gasteiger partial charge in [0, 0.05) is 18.4 Å². The number of nitrogens with zero attached hydrogens (tertiary/aromatic N) is 2. The number of aromatic nitrogens is 1. The number of aliphatic carboxylic acids is 1. The molecule has 1 amide bonds. The van der Waals surface area contributed by atoms with E-state index in [1.807, 2.05) is 53.4 Å². The number of amides is 1. The molecule has 0 unspecified atom stereocenters. The van der Waals surface area contributed by atoms with Gasteiger partial charge in [-0.1, -0.05) is 36.4 Å². The molecule has 2 aromatic rings. The number of likely N-dealkylation sites (tertiary alicyclic amines) is 1. The van der Waals surface area contributed by atoms with Crippen LogP contribution in [0.15, 0.2) is 54.7 Å². The first-order valence-corrected chi connectivity index (χ1v) is 8.90. The summed E-state index contributed by atoms with van der Waals surface area (Å²) in [6.45, 7) is 0.615. The third-order valence-electron chi connectivity index (χ3n) is 4.42. The summed E-state index contributed by atoms with van der Waals surface area (Å²) in [6.07, 6.45) is -2.21. The summed E-state index contributed by atoms with van der Waals surface area (Å²) in [6, 6.07) is 15.4. The number of carbonyl (C=O) groups is 2. The van der Waals surface area contributed by atoms with Gasteiger partial charge in [0.25, 0.3) is 0 Å². The Balaban J connectivity index is 0.000000370. The molecule has 0 radical (unpaired) electrons. The number of hydrogen-bond donors (Lipinski definition) is 2. The zero-order chi connectivity index (χ0) is 21.4. The fourth-order valence-electron chi connectivity index (χ4n) is 3.01. The molecule has 1 saturated heterocycles. The van der Waals surface area contributed by atoms with Crippen LogP contribution in [0, 0.1) is 0 Å². The van der Waals surface area contributed by atoms with Crippen LogP contribution in [0.3, 0.4) is 0 Å². The molecule has 1 aromatic carbocycles. The second-order valence-electron chi connectivity index (χ2n) is 6.50. The molecular formula is C20H21F3N2O4. The zero-order valence-corrected chi connectivity index (χ0v) is 15.4. The Morgan fingerprint density at radius 2 is 1.72 bits per heavy atom. The van der Waals surface area contributed by atoms with Gasteiger partial charge in [0.2, 0.25) is 5.91 Å². The smallest absolute Gasteiger partial charge is 0.475 e. The highest BCUT2D eigenvalue weighted by atomic mass is 19.4.